The summed E-state index contributed by atoms with van der Waals surface area (Å²) in [5.74, 6) is -0.0478. The first-order valence-corrected chi connectivity index (χ1v) is 3.58. The third-order valence-electron chi connectivity index (χ3n) is 1.45. The fourth-order valence-corrected chi connectivity index (χ4v) is 0.866. The number of ketones is 1. The van der Waals surface area contributed by atoms with Crippen LogP contribution in [0.15, 0.2) is 30.3 Å². The van der Waals surface area contributed by atoms with Crippen LogP contribution >= 0.6 is 0 Å². The molecule has 0 saturated carbocycles. The maximum Gasteiger partial charge on any atom is 0.265 e. The number of carbonyl (C=O) groups is 1. The summed E-state index contributed by atoms with van der Waals surface area (Å²) in [6, 6.07) is 8.89. The van der Waals surface area contributed by atoms with E-state index in [1.165, 1.54) is 6.21 Å². The Hall–Kier alpha value is -1.73. The number of Topliss-reactive ketones (excluding diaryl/α,β-unsaturated/α-hetero) is 1. The molecule has 60 valence electrons. The fourth-order valence-electron chi connectivity index (χ4n) is 0.866. The van der Waals surface area contributed by atoms with E-state index in [0.717, 1.165) is 0 Å². The molecule has 0 aliphatic rings. The number of hydrogen-bond donors (Lipinski definition) is 0. The predicted octanol–water partition coefficient (Wildman–Crippen LogP) is 1.56. The normalized spacial score (nSPS) is 8.67. The van der Waals surface area contributed by atoms with E-state index in [-0.39, 0.29) is 12.2 Å². The highest BCUT2D eigenvalue weighted by atomic mass is 16.1. The van der Waals surface area contributed by atoms with Gasteiger partial charge in [-0.2, -0.15) is 4.79 Å². The molecule has 0 N–H and O–H groups in total. The monoisotopic (exact) mass is 160 g/mol. The standard InChI is InChI=1S/C9H8N2O/c10-11-7-6-9(12)8-4-2-1-3-5-8/h1-5,7H,6H2. The van der Waals surface area contributed by atoms with Crippen molar-refractivity contribution in [2.45, 2.75) is 6.42 Å². The molecule has 1 rings (SSSR count). The summed E-state index contributed by atoms with van der Waals surface area (Å²) >= 11 is 0. The van der Waals surface area contributed by atoms with Gasteiger partial charge in [0, 0.05) is 5.56 Å². The van der Waals surface area contributed by atoms with Crippen LogP contribution in [-0.2, 0) is 0 Å². The minimum atomic E-state index is -0.0478. The van der Waals surface area contributed by atoms with E-state index in [2.05, 4.69) is 4.79 Å². The number of hydrogen-bond acceptors (Lipinski definition) is 1. The van der Waals surface area contributed by atoms with Gasteiger partial charge in [0.05, 0.1) is 0 Å². The molecule has 0 saturated heterocycles. The average Bonchev–Trinajstić information content (AvgIpc) is 2.15. The van der Waals surface area contributed by atoms with E-state index in [0.29, 0.717) is 5.56 Å². The van der Waals surface area contributed by atoms with Gasteiger partial charge >= 0.3 is 0 Å². The van der Waals surface area contributed by atoms with Crippen molar-refractivity contribution >= 4 is 12.0 Å². The van der Waals surface area contributed by atoms with Crippen LogP contribution in [-0.4, -0.2) is 16.8 Å². The number of benzene rings is 1. The summed E-state index contributed by atoms with van der Waals surface area (Å²) in [5, 5.41) is 0. The first kappa shape index (κ1) is 8.37. The van der Waals surface area contributed by atoms with Gasteiger partial charge in [-0.3, -0.25) is 4.79 Å². The lowest BCUT2D eigenvalue weighted by Gasteiger charge is -1.92. The highest BCUT2D eigenvalue weighted by molar-refractivity contribution is 6.02. The largest absolute Gasteiger partial charge is 0.362 e. The molecule has 0 aliphatic heterocycles. The summed E-state index contributed by atoms with van der Waals surface area (Å²) in [4.78, 5) is 14.0. The summed E-state index contributed by atoms with van der Waals surface area (Å²) in [5.41, 5.74) is 8.72. The molecular formula is C9H8N2O. The Bertz CT molecular complexity index is 313. The second-order valence-electron chi connectivity index (χ2n) is 2.29. The quantitative estimate of drug-likeness (QED) is 0.286. The molecule has 0 radical (unpaired) electrons. The lowest BCUT2D eigenvalue weighted by molar-refractivity contribution is 0.00132. The minimum Gasteiger partial charge on any atom is -0.362 e. The van der Waals surface area contributed by atoms with Gasteiger partial charge in [-0.25, -0.2) is 0 Å². The molecule has 1 aromatic rings. The van der Waals surface area contributed by atoms with Gasteiger partial charge in [-0.05, 0) is 0 Å². The molecule has 0 fully saturated rings. The number of rotatable bonds is 3. The van der Waals surface area contributed by atoms with E-state index in [4.69, 9.17) is 5.53 Å². The van der Waals surface area contributed by atoms with E-state index in [1.807, 2.05) is 6.07 Å². The van der Waals surface area contributed by atoms with E-state index in [1.54, 1.807) is 24.3 Å². The van der Waals surface area contributed by atoms with Gasteiger partial charge in [0.2, 0.25) is 0 Å². The van der Waals surface area contributed by atoms with Gasteiger partial charge in [0.15, 0.2) is 5.78 Å². The Morgan fingerprint density at radius 2 is 2.08 bits per heavy atom. The van der Waals surface area contributed by atoms with E-state index in [9.17, 15) is 4.79 Å². The maximum absolute atomic E-state index is 11.2. The van der Waals surface area contributed by atoms with Crippen molar-refractivity contribution in [3.05, 3.63) is 41.4 Å². The van der Waals surface area contributed by atoms with Crippen molar-refractivity contribution in [1.82, 2.24) is 0 Å². The lowest BCUT2D eigenvalue weighted by atomic mass is 10.1. The number of carbonyl (C=O) groups excluding carboxylic acids is 1. The molecule has 3 nitrogen and oxygen atoms in total. The SMILES string of the molecule is [N-]=[N+]=CCC(=O)c1ccccc1. The van der Waals surface area contributed by atoms with Gasteiger partial charge < -0.3 is 5.53 Å². The van der Waals surface area contributed by atoms with Crippen LogP contribution in [0.2, 0.25) is 0 Å². The highest BCUT2D eigenvalue weighted by Crippen LogP contribution is 2.00. The Morgan fingerprint density at radius 1 is 1.42 bits per heavy atom. The van der Waals surface area contributed by atoms with Crippen molar-refractivity contribution in [2.75, 3.05) is 0 Å². The average molecular weight is 160 g/mol. The Kier molecular flexibility index (Phi) is 2.94. The molecular weight excluding hydrogens is 152 g/mol. The molecule has 0 atom stereocenters. The molecule has 3 heteroatoms. The smallest absolute Gasteiger partial charge is 0.265 e. The number of nitrogens with zero attached hydrogens (tertiary/aromatic N) is 2. The second-order valence-corrected chi connectivity index (χ2v) is 2.29. The van der Waals surface area contributed by atoms with Crippen LogP contribution in [0.4, 0.5) is 0 Å². The molecule has 0 unspecified atom stereocenters. The van der Waals surface area contributed by atoms with Gasteiger partial charge in [0.1, 0.15) is 6.42 Å². The molecule has 0 spiro atoms. The molecule has 12 heavy (non-hydrogen) atoms. The van der Waals surface area contributed by atoms with Crippen LogP contribution in [0.3, 0.4) is 0 Å². The van der Waals surface area contributed by atoms with Crippen LogP contribution in [0.1, 0.15) is 16.8 Å². The highest BCUT2D eigenvalue weighted by Gasteiger charge is 2.03. The zero-order valence-electron chi connectivity index (χ0n) is 6.47. The van der Waals surface area contributed by atoms with Gasteiger partial charge in [-0.15, -0.1) is 0 Å². The van der Waals surface area contributed by atoms with Crippen molar-refractivity contribution in [3.8, 4) is 0 Å². The molecule has 0 amide bonds. The van der Waals surface area contributed by atoms with Crippen molar-refractivity contribution in [3.63, 3.8) is 0 Å². The molecule has 0 aromatic heterocycles. The molecule has 0 heterocycles. The van der Waals surface area contributed by atoms with Gasteiger partial charge in [0.25, 0.3) is 6.21 Å². The van der Waals surface area contributed by atoms with Crippen molar-refractivity contribution < 1.29 is 9.58 Å². The topological polar surface area (TPSA) is 53.5 Å². The fraction of sp³-hybridized carbons (Fsp3) is 0.111. The van der Waals surface area contributed by atoms with Crippen LogP contribution in [0.25, 0.3) is 5.53 Å². The zero-order valence-corrected chi connectivity index (χ0v) is 6.47. The Morgan fingerprint density at radius 3 is 2.67 bits per heavy atom. The van der Waals surface area contributed by atoms with Gasteiger partial charge in [-0.1, -0.05) is 30.3 Å². The molecule has 0 bridgehead atoms. The summed E-state index contributed by atoms with van der Waals surface area (Å²) in [7, 11) is 0. The minimum absolute atomic E-state index is 0.0478. The first-order chi connectivity index (χ1) is 5.84. The predicted molar refractivity (Wildman–Crippen MR) is 45.1 cm³/mol. The molecule has 0 aliphatic carbocycles. The molecule has 1 aromatic carbocycles. The third-order valence-corrected chi connectivity index (χ3v) is 1.45. The maximum atomic E-state index is 11.2. The summed E-state index contributed by atoms with van der Waals surface area (Å²) in [6.45, 7) is 0. The van der Waals surface area contributed by atoms with E-state index >= 15 is 0 Å². The van der Waals surface area contributed by atoms with E-state index < -0.39 is 0 Å². The Labute approximate surface area is 70.3 Å². The Balaban J connectivity index is 2.72. The van der Waals surface area contributed by atoms with Crippen molar-refractivity contribution in [2.24, 2.45) is 0 Å². The third kappa shape index (κ3) is 2.15. The lowest BCUT2D eigenvalue weighted by Crippen LogP contribution is -1.98. The van der Waals surface area contributed by atoms with Crippen LogP contribution < -0.4 is 0 Å². The zero-order chi connectivity index (χ0) is 8.81. The first-order valence-electron chi connectivity index (χ1n) is 3.58. The van der Waals surface area contributed by atoms with Crippen LogP contribution in [0.5, 0.6) is 0 Å². The summed E-state index contributed by atoms with van der Waals surface area (Å²) < 4.78 is 0. The second kappa shape index (κ2) is 4.21. The van der Waals surface area contributed by atoms with Crippen LogP contribution in [0, 0.1) is 0 Å². The summed E-state index contributed by atoms with van der Waals surface area (Å²) in [6.07, 6.45) is 1.32. The van der Waals surface area contributed by atoms with Crippen molar-refractivity contribution in [1.29, 1.82) is 0 Å².